The molecule has 1 aliphatic carbocycles. The molecule has 1 fully saturated rings. The topological polar surface area (TPSA) is 59.3 Å². The third kappa shape index (κ3) is 4.50. The van der Waals surface area contributed by atoms with Gasteiger partial charge >= 0.3 is 6.18 Å². The summed E-state index contributed by atoms with van der Waals surface area (Å²) in [6, 6.07) is 3.80. The van der Waals surface area contributed by atoms with Gasteiger partial charge in [0.15, 0.2) is 6.10 Å². The van der Waals surface area contributed by atoms with E-state index in [1.807, 2.05) is 23.7 Å². The van der Waals surface area contributed by atoms with Gasteiger partial charge in [0, 0.05) is 30.2 Å². The van der Waals surface area contributed by atoms with E-state index in [9.17, 15) is 13.2 Å². The molecule has 0 aliphatic heterocycles. The second-order valence-corrected chi connectivity index (χ2v) is 7.54. The van der Waals surface area contributed by atoms with Crippen LogP contribution in [0, 0.1) is 0 Å². The first-order valence-corrected chi connectivity index (χ1v) is 9.28. The minimum Gasteiger partial charge on any atom is -0.490 e. The lowest BCUT2D eigenvalue weighted by atomic mass is 9.93. The third-order valence-electron chi connectivity index (χ3n) is 4.71. The molecule has 1 aliphatic rings. The van der Waals surface area contributed by atoms with E-state index < -0.39 is 18.8 Å². The van der Waals surface area contributed by atoms with Crippen molar-refractivity contribution in [3.8, 4) is 5.75 Å². The first kappa shape index (κ1) is 19.4. The van der Waals surface area contributed by atoms with Crippen molar-refractivity contribution < 1.29 is 23.0 Å². The number of imidazole rings is 1. The number of aliphatic hydroxyl groups excluding tert-OH is 1. The van der Waals surface area contributed by atoms with Gasteiger partial charge in [-0.2, -0.15) is 13.2 Å². The van der Waals surface area contributed by atoms with Crippen LogP contribution in [0.3, 0.4) is 0 Å². The van der Waals surface area contributed by atoms with Crippen LogP contribution in [0.25, 0.3) is 11.0 Å². The number of benzene rings is 1. The first-order chi connectivity index (χ1) is 12.2. The molecule has 5 nitrogen and oxygen atoms in total. The molecule has 26 heavy (non-hydrogen) atoms. The molecule has 0 amide bonds. The predicted molar refractivity (Wildman–Crippen MR) is 95.2 cm³/mol. The van der Waals surface area contributed by atoms with Crippen molar-refractivity contribution in [2.24, 2.45) is 7.05 Å². The Bertz CT molecular complexity index is 758. The van der Waals surface area contributed by atoms with E-state index in [4.69, 9.17) is 9.84 Å². The summed E-state index contributed by atoms with van der Waals surface area (Å²) in [4.78, 5) is 4.32. The number of fused-ring (bicyclic) bond motifs is 1. The number of aliphatic hydroxyl groups is 1. The van der Waals surface area contributed by atoms with E-state index >= 15 is 0 Å². The fraction of sp³-hybridized carbons (Fsp3) is 0.588. The molecule has 144 valence electrons. The number of nitrogens with one attached hydrogen (secondary N) is 1. The molecule has 1 heterocycles. The van der Waals surface area contributed by atoms with E-state index in [1.165, 1.54) is 0 Å². The molecule has 2 N–H and O–H groups in total. The minimum atomic E-state index is -4.58. The number of nitrogens with zero attached hydrogens (tertiary/aromatic N) is 2. The Kier molecular flexibility index (Phi) is 5.78. The Morgan fingerprint density at radius 1 is 1.35 bits per heavy atom. The molecule has 0 spiro atoms. The number of hydrogen-bond donors (Lipinski definition) is 2. The van der Waals surface area contributed by atoms with Gasteiger partial charge in [0.05, 0.1) is 17.9 Å². The van der Waals surface area contributed by atoms with Gasteiger partial charge in [0.25, 0.3) is 0 Å². The van der Waals surface area contributed by atoms with Crippen molar-refractivity contribution in [3.63, 3.8) is 0 Å². The second-order valence-electron chi connectivity index (χ2n) is 6.69. The van der Waals surface area contributed by atoms with E-state index in [-0.39, 0.29) is 12.1 Å². The summed E-state index contributed by atoms with van der Waals surface area (Å²) in [6.07, 6.45) is -2.20. The van der Waals surface area contributed by atoms with E-state index in [2.05, 4.69) is 26.2 Å². The zero-order valence-electron chi connectivity index (χ0n) is 14.3. The van der Waals surface area contributed by atoms with Gasteiger partial charge in [-0.15, -0.1) is 0 Å². The Labute approximate surface area is 157 Å². The highest BCUT2D eigenvalue weighted by Crippen LogP contribution is 2.31. The SMILES string of the molecule is Cn1cnc2c(Br)cc(O[C@H]3CC[C@@H](NCC(O)C(F)(F)F)CC3)cc21. The van der Waals surface area contributed by atoms with Gasteiger partial charge in [-0.1, -0.05) is 0 Å². The molecule has 1 atom stereocenters. The van der Waals surface area contributed by atoms with Crippen molar-refractivity contribution in [2.75, 3.05) is 6.54 Å². The average Bonchev–Trinajstić information content (AvgIpc) is 2.95. The molecule has 9 heteroatoms. The molecule has 1 aromatic heterocycles. The van der Waals surface area contributed by atoms with Crippen molar-refractivity contribution in [2.45, 2.75) is 50.1 Å². The maximum absolute atomic E-state index is 12.3. The second kappa shape index (κ2) is 7.74. The standard InChI is InChI=1S/C17H21BrF3N3O2/c1-24-9-23-16-13(18)6-12(7-14(16)24)26-11-4-2-10(3-5-11)22-8-15(25)17(19,20)21/h6-7,9-11,15,22,25H,2-5,8H2,1H3/t10-,11+,15?. The molecule has 1 saturated carbocycles. The van der Waals surface area contributed by atoms with Crippen molar-refractivity contribution in [1.82, 2.24) is 14.9 Å². The lowest BCUT2D eigenvalue weighted by Crippen LogP contribution is -2.44. The predicted octanol–water partition coefficient (Wildman–Crippen LogP) is 3.54. The van der Waals surface area contributed by atoms with Gasteiger partial charge in [-0.3, -0.25) is 0 Å². The molecule has 0 bridgehead atoms. The summed E-state index contributed by atoms with van der Waals surface area (Å²) in [5.74, 6) is 0.747. The fourth-order valence-electron chi connectivity index (χ4n) is 3.20. The summed E-state index contributed by atoms with van der Waals surface area (Å²) in [5.41, 5.74) is 1.84. The van der Waals surface area contributed by atoms with Gasteiger partial charge in [-0.25, -0.2) is 4.98 Å². The van der Waals surface area contributed by atoms with Gasteiger partial charge in [0.2, 0.25) is 0 Å². The molecule has 1 unspecified atom stereocenters. The fourth-order valence-corrected chi connectivity index (χ4v) is 3.73. The van der Waals surface area contributed by atoms with Crippen molar-refractivity contribution in [1.29, 1.82) is 0 Å². The Balaban J connectivity index is 1.52. The number of ether oxygens (including phenoxy) is 1. The van der Waals surface area contributed by atoms with Crippen LogP contribution in [0.4, 0.5) is 13.2 Å². The Morgan fingerprint density at radius 3 is 2.69 bits per heavy atom. The summed E-state index contributed by atoms with van der Waals surface area (Å²) < 4.78 is 45.9. The van der Waals surface area contributed by atoms with Crippen LogP contribution in [-0.4, -0.2) is 45.6 Å². The quantitative estimate of drug-likeness (QED) is 0.753. The van der Waals surface area contributed by atoms with Crippen LogP contribution in [-0.2, 0) is 7.05 Å². The van der Waals surface area contributed by atoms with Crippen LogP contribution >= 0.6 is 15.9 Å². The Morgan fingerprint density at radius 2 is 2.04 bits per heavy atom. The zero-order valence-corrected chi connectivity index (χ0v) is 15.8. The third-order valence-corrected chi connectivity index (χ3v) is 5.32. The molecule has 0 radical (unpaired) electrons. The van der Waals surface area contributed by atoms with Gasteiger partial charge in [-0.05, 0) is 47.7 Å². The van der Waals surface area contributed by atoms with E-state index in [0.717, 1.165) is 34.1 Å². The number of aryl methyl sites for hydroxylation is 1. The van der Waals surface area contributed by atoms with Crippen molar-refractivity contribution >= 4 is 27.0 Å². The van der Waals surface area contributed by atoms with Crippen LogP contribution in [0.15, 0.2) is 22.9 Å². The maximum atomic E-state index is 12.3. The Hall–Kier alpha value is -1.32. The molecule has 3 rings (SSSR count). The van der Waals surface area contributed by atoms with Gasteiger partial charge < -0.3 is 19.7 Å². The first-order valence-electron chi connectivity index (χ1n) is 8.49. The van der Waals surface area contributed by atoms with E-state index in [0.29, 0.717) is 12.8 Å². The number of halogens is 4. The van der Waals surface area contributed by atoms with Crippen molar-refractivity contribution in [3.05, 3.63) is 22.9 Å². The highest BCUT2D eigenvalue weighted by atomic mass is 79.9. The van der Waals surface area contributed by atoms with Crippen LogP contribution < -0.4 is 10.1 Å². The molecule has 1 aromatic carbocycles. The summed E-state index contributed by atoms with van der Waals surface area (Å²) in [7, 11) is 1.91. The van der Waals surface area contributed by atoms with Crippen LogP contribution in [0.5, 0.6) is 5.75 Å². The van der Waals surface area contributed by atoms with Gasteiger partial charge in [0.1, 0.15) is 11.3 Å². The zero-order chi connectivity index (χ0) is 18.9. The monoisotopic (exact) mass is 435 g/mol. The number of alkyl halides is 3. The summed E-state index contributed by atoms with van der Waals surface area (Å²) in [5, 5.41) is 11.9. The largest absolute Gasteiger partial charge is 0.490 e. The normalized spacial score (nSPS) is 22.5. The number of aromatic nitrogens is 2. The summed E-state index contributed by atoms with van der Waals surface area (Å²) >= 11 is 3.50. The highest BCUT2D eigenvalue weighted by Gasteiger charge is 2.38. The van der Waals surface area contributed by atoms with E-state index in [1.54, 1.807) is 6.33 Å². The van der Waals surface area contributed by atoms with Crippen LogP contribution in [0.1, 0.15) is 25.7 Å². The van der Waals surface area contributed by atoms with Crippen LogP contribution in [0.2, 0.25) is 0 Å². The number of hydrogen-bond acceptors (Lipinski definition) is 4. The average molecular weight is 436 g/mol. The summed E-state index contributed by atoms with van der Waals surface area (Å²) in [6.45, 7) is -0.468. The maximum Gasteiger partial charge on any atom is 0.415 e. The lowest BCUT2D eigenvalue weighted by molar-refractivity contribution is -0.202. The smallest absolute Gasteiger partial charge is 0.415 e. The molecule has 2 aromatic rings. The highest BCUT2D eigenvalue weighted by molar-refractivity contribution is 9.10. The molecule has 0 saturated heterocycles. The molecular formula is C17H21BrF3N3O2. The minimum absolute atomic E-state index is 0.0261. The number of rotatable bonds is 5. The lowest BCUT2D eigenvalue weighted by Gasteiger charge is -2.30. The molecular weight excluding hydrogens is 415 g/mol.